The number of hydrogen-bond acceptors (Lipinski definition) is 18. The molecule has 1 saturated carbocycles. The van der Waals surface area contributed by atoms with Gasteiger partial charge in [-0.05, 0) is 18.6 Å². The summed E-state index contributed by atoms with van der Waals surface area (Å²) in [4.78, 5) is 41.6. The number of aliphatic hydroxyl groups excluding tert-OH is 7. The number of hydrogen-bond donors (Lipinski definition) is 7. The number of ether oxygens (including phenoxy) is 3. The van der Waals surface area contributed by atoms with Crippen molar-refractivity contribution < 1.29 is 78.7 Å². The van der Waals surface area contributed by atoms with Gasteiger partial charge in [-0.1, -0.05) is 24.3 Å². The van der Waals surface area contributed by atoms with Crippen molar-refractivity contribution in [2.75, 3.05) is 13.2 Å². The third-order valence-electron chi connectivity index (χ3n) is 7.04. The summed E-state index contributed by atoms with van der Waals surface area (Å²) in [6, 6.07) is 10.8. The van der Waals surface area contributed by atoms with Crippen molar-refractivity contribution in [3.63, 3.8) is 0 Å². The first-order valence-corrected chi connectivity index (χ1v) is 14.8. The Kier molecular flexibility index (Phi) is 12.9. The summed E-state index contributed by atoms with van der Waals surface area (Å²) in [6.45, 7) is -1.33. The van der Waals surface area contributed by atoms with Crippen LogP contribution in [0.2, 0.25) is 0 Å². The summed E-state index contributed by atoms with van der Waals surface area (Å²) in [7, 11) is -5.29. The van der Waals surface area contributed by atoms with Crippen LogP contribution in [0.5, 0.6) is 11.5 Å². The van der Waals surface area contributed by atoms with Crippen molar-refractivity contribution in [2.45, 2.75) is 61.5 Å². The Bertz CT molecular complexity index is 1380. The number of phosphoric acid groups is 1. The van der Waals surface area contributed by atoms with E-state index in [4.69, 9.17) is 19.3 Å². The first-order chi connectivity index (χ1) is 21.5. The van der Waals surface area contributed by atoms with Gasteiger partial charge in [-0.15, -0.1) is 0 Å². The van der Waals surface area contributed by atoms with Crippen molar-refractivity contribution in [1.29, 1.82) is 0 Å². The number of nitro benzene ring substituents is 2. The molecule has 2 aromatic carbocycles. The molecular weight excluding hydrogens is 647 g/mol. The van der Waals surface area contributed by atoms with Crippen LogP contribution >= 0.6 is 7.82 Å². The molecule has 0 aromatic heterocycles. The van der Waals surface area contributed by atoms with Crippen LogP contribution in [0.25, 0.3) is 0 Å². The monoisotopic (exact) mass is 678 g/mol. The minimum Gasteiger partial charge on any atom is -0.790 e. The Balaban J connectivity index is 0.000000254. The summed E-state index contributed by atoms with van der Waals surface area (Å²) >= 11 is 0. The molecular formula is C25H31N2O18P-2. The fourth-order valence-corrected chi connectivity index (χ4v) is 4.99. The number of para-hydroxylation sites is 4. The fraction of sp³-hybridized carbons (Fsp3) is 0.520. The zero-order valence-corrected chi connectivity index (χ0v) is 24.4. The molecule has 1 aliphatic heterocycles. The topological polar surface area (TPSA) is 328 Å². The third kappa shape index (κ3) is 9.35. The van der Waals surface area contributed by atoms with Gasteiger partial charge in [0.05, 0.1) is 37.0 Å². The summed E-state index contributed by atoms with van der Waals surface area (Å²) in [5, 5.41) is 89.7. The first-order valence-electron chi connectivity index (χ1n) is 13.4. The van der Waals surface area contributed by atoms with Crippen molar-refractivity contribution in [3.8, 4) is 11.5 Å². The molecule has 2 fully saturated rings. The SMILES string of the molecule is O=[N+]([O-])c1ccccc1OC1CC(COP(=O)([O-])[O-])C(O)C(O)C1O.O=[N+]([O-])c1ccccc1OC1OC(CO)C(O)C(O)C1O. The van der Waals surface area contributed by atoms with Crippen LogP contribution in [0.1, 0.15) is 6.42 Å². The van der Waals surface area contributed by atoms with Gasteiger partial charge in [0.1, 0.15) is 42.7 Å². The number of nitrogens with zero attached hydrogens (tertiary/aromatic N) is 2. The quantitative estimate of drug-likeness (QED) is 0.0750. The van der Waals surface area contributed by atoms with Crippen LogP contribution in [0.4, 0.5) is 11.4 Å². The van der Waals surface area contributed by atoms with Crippen molar-refractivity contribution in [3.05, 3.63) is 68.8 Å². The van der Waals surface area contributed by atoms with Crippen LogP contribution in [0.3, 0.4) is 0 Å². The van der Waals surface area contributed by atoms with Gasteiger partial charge < -0.3 is 68.8 Å². The molecule has 1 aliphatic carbocycles. The van der Waals surface area contributed by atoms with Crippen LogP contribution in [0.15, 0.2) is 48.5 Å². The van der Waals surface area contributed by atoms with Crippen LogP contribution in [0, 0.1) is 26.1 Å². The lowest BCUT2D eigenvalue weighted by Gasteiger charge is -2.41. The molecule has 20 nitrogen and oxygen atoms in total. The predicted octanol–water partition coefficient (Wildman–Crippen LogP) is -2.94. The lowest BCUT2D eigenvalue weighted by Crippen LogP contribution is -2.60. The van der Waals surface area contributed by atoms with E-state index in [-0.39, 0.29) is 29.3 Å². The van der Waals surface area contributed by atoms with E-state index in [2.05, 4.69) is 4.52 Å². The summed E-state index contributed by atoms with van der Waals surface area (Å²) in [6.07, 6.45) is -13.6. The van der Waals surface area contributed by atoms with Gasteiger partial charge in [-0.3, -0.25) is 20.2 Å². The van der Waals surface area contributed by atoms with Crippen LogP contribution in [-0.2, 0) is 13.8 Å². The normalized spacial score (nSPS) is 31.2. The minimum atomic E-state index is -5.29. The summed E-state index contributed by atoms with van der Waals surface area (Å²) < 4.78 is 30.4. The number of benzene rings is 2. The molecule has 10 unspecified atom stereocenters. The molecule has 0 radical (unpaired) electrons. The molecule has 1 heterocycles. The standard InChI is InChI=1S/C13H18NO10P.C12H15NO8/c15-11-7(6-23-25(20,21)22)5-10(12(16)13(11)17)24-9-4-2-1-3-8(9)14(18)19;14-5-8-9(15)10(16)11(17)12(21-8)20-7-4-2-1-3-6(7)13(18)19/h1-4,7,10-13,15-17H,5-6H2,(H2,20,21,22);1-4,8-12,14-17H,5H2/p-2. The number of aliphatic hydroxyl groups is 7. The highest BCUT2D eigenvalue weighted by Crippen LogP contribution is 2.35. The highest BCUT2D eigenvalue weighted by molar-refractivity contribution is 7.43. The molecule has 0 spiro atoms. The molecule has 2 aromatic rings. The molecule has 21 heteroatoms. The lowest BCUT2D eigenvalue weighted by atomic mass is 9.81. The molecule has 0 bridgehead atoms. The number of rotatable bonds is 10. The van der Waals surface area contributed by atoms with Crippen molar-refractivity contribution >= 4 is 19.2 Å². The first kappa shape index (κ1) is 37.1. The third-order valence-corrected chi connectivity index (χ3v) is 7.50. The average Bonchev–Trinajstić information content (AvgIpc) is 3.01. The van der Waals surface area contributed by atoms with Gasteiger partial charge in [0.15, 0.2) is 11.5 Å². The Morgan fingerprint density at radius 1 is 0.761 bits per heavy atom. The van der Waals surface area contributed by atoms with Gasteiger partial charge in [-0.2, -0.15) is 0 Å². The molecule has 1 saturated heterocycles. The van der Waals surface area contributed by atoms with Gasteiger partial charge in [-0.25, -0.2) is 0 Å². The molecule has 46 heavy (non-hydrogen) atoms. The van der Waals surface area contributed by atoms with Gasteiger partial charge in [0.25, 0.3) is 0 Å². The Hall–Kier alpha value is -3.37. The van der Waals surface area contributed by atoms with E-state index in [0.717, 1.165) is 0 Å². The summed E-state index contributed by atoms with van der Waals surface area (Å²) in [5.74, 6) is -1.37. The zero-order chi connectivity index (χ0) is 34.3. The highest BCUT2D eigenvalue weighted by atomic mass is 31.2. The Morgan fingerprint density at radius 3 is 1.76 bits per heavy atom. The van der Waals surface area contributed by atoms with Gasteiger partial charge in [0.2, 0.25) is 6.29 Å². The minimum absolute atomic E-state index is 0.160. The van der Waals surface area contributed by atoms with Crippen LogP contribution in [-0.4, -0.2) is 114 Å². The van der Waals surface area contributed by atoms with Gasteiger partial charge in [0, 0.05) is 18.1 Å². The highest BCUT2D eigenvalue weighted by Gasteiger charge is 2.46. The van der Waals surface area contributed by atoms with Crippen LogP contribution < -0.4 is 19.3 Å². The van der Waals surface area contributed by atoms with E-state index >= 15 is 0 Å². The molecule has 4 rings (SSSR count). The largest absolute Gasteiger partial charge is 0.790 e. The average molecular weight is 678 g/mol. The second-order valence-corrected chi connectivity index (χ2v) is 11.3. The number of phosphoric ester groups is 1. The van der Waals surface area contributed by atoms with Crippen molar-refractivity contribution in [1.82, 2.24) is 0 Å². The second-order valence-electron chi connectivity index (χ2n) is 10.1. The molecule has 256 valence electrons. The zero-order valence-electron chi connectivity index (χ0n) is 23.5. The maximum atomic E-state index is 11.0. The van der Waals surface area contributed by atoms with E-state index in [1.807, 2.05) is 0 Å². The fourth-order valence-electron chi connectivity index (χ4n) is 4.62. The number of nitro groups is 2. The second kappa shape index (κ2) is 16.0. The Morgan fingerprint density at radius 2 is 1.26 bits per heavy atom. The van der Waals surface area contributed by atoms with E-state index in [0.29, 0.717) is 0 Å². The lowest BCUT2D eigenvalue weighted by molar-refractivity contribution is -0.387. The molecule has 2 aliphatic rings. The smallest absolute Gasteiger partial charge is 0.311 e. The summed E-state index contributed by atoms with van der Waals surface area (Å²) in [5.41, 5.74) is -0.707. The maximum absolute atomic E-state index is 11.0. The predicted molar refractivity (Wildman–Crippen MR) is 145 cm³/mol. The maximum Gasteiger partial charge on any atom is 0.311 e. The molecule has 7 N–H and O–H groups in total. The van der Waals surface area contributed by atoms with E-state index in [1.54, 1.807) is 0 Å². The molecule has 0 amide bonds. The van der Waals surface area contributed by atoms with E-state index < -0.39 is 91.9 Å². The van der Waals surface area contributed by atoms with Gasteiger partial charge >= 0.3 is 11.4 Å². The van der Waals surface area contributed by atoms with E-state index in [9.17, 15) is 65.2 Å². The van der Waals surface area contributed by atoms with E-state index in [1.165, 1.54) is 48.5 Å². The molecule has 10 atom stereocenters. The van der Waals surface area contributed by atoms with Crippen molar-refractivity contribution in [2.24, 2.45) is 5.92 Å². The Labute approximate surface area is 259 Å².